The van der Waals surface area contributed by atoms with Crippen molar-refractivity contribution in [2.24, 2.45) is 11.8 Å². The van der Waals surface area contributed by atoms with E-state index in [-0.39, 0.29) is 24.1 Å². The monoisotopic (exact) mass is 521 g/mol. The lowest BCUT2D eigenvalue weighted by molar-refractivity contribution is -0.0561. The molecule has 7 heteroatoms. The minimum absolute atomic E-state index is 0.0155. The number of nitrogens with zero attached hydrogens (tertiary/aromatic N) is 1. The highest BCUT2D eigenvalue weighted by atomic mass is 35.5. The van der Waals surface area contributed by atoms with Crippen LogP contribution < -0.4 is 10.6 Å². The van der Waals surface area contributed by atoms with Gasteiger partial charge in [-0.05, 0) is 69.7 Å². The molecule has 4 N–H and O–H groups in total. The molecule has 1 unspecified atom stereocenters. The SMILES string of the molecule is CNCC(CC1CCCCC1)NC(=O)N1CCC[C@@H]([C@@](O)(CCCC[C@H](C)O)c2cccc(Cl)c2)C1. The molecule has 0 spiro atoms. The number of benzene rings is 1. The summed E-state index contributed by atoms with van der Waals surface area (Å²) in [5, 5.41) is 28.9. The van der Waals surface area contributed by atoms with Gasteiger partial charge in [-0.25, -0.2) is 4.79 Å². The Morgan fingerprint density at radius 2 is 1.97 bits per heavy atom. The molecule has 2 aliphatic rings. The first-order chi connectivity index (χ1) is 17.3. The summed E-state index contributed by atoms with van der Waals surface area (Å²) in [6, 6.07) is 7.64. The summed E-state index contributed by atoms with van der Waals surface area (Å²) in [5.74, 6) is 0.629. The van der Waals surface area contributed by atoms with Gasteiger partial charge in [0.25, 0.3) is 0 Å². The molecule has 1 aromatic carbocycles. The number of carbonyl (C=O) groups excluding carboxylic acids is 1. The van der Waals surface area contributed by atoms with Crippen LogP contribution in [0.15, 0.2) is 24.3 Å². The number of nitrogens with one attached hydrogen (secondary N) is 2. The summed E-state index contributed by atoms with van der Waals surface area (Å²) in [6.45, 7) is 3.82. The predicted molar refractivity (Wildman–Crippen MR) is 147 cm³/mol. The van der Waals surface area contributed by atoms with Crippen LogP contribution in [-0.2, 0) is 5.60 Å². The Hall–Kier alpha value is -1.34. The standard InChI is InChI=1S/C29H48ClN3O3/c1-22(34)10-6-7-16-29(36,24-13-8-15-26(30)19-24)25-14-9-17-33(21-25)28(35)32-27(20-31-2)18-23-11-4-3-5-12-23/h8,13,15,19,22-23,25,27,31,34,36H,3-7,9-12,14,16-18,20-21H2,1-2H3,(H,32,35)/t22-,25+,27?,29+/m0/s1. The topological polar surface area (TPSA) is 84.8 Å². The van der Waals surface area contributed by atoms with Gasteiger partial charge in [0.1, 0.15) is 0 Å². The Balaban J connectivity index is 1.68. The molecular formula is C29H48ClN3O3. The molecule has 1 heterocycles. The van der Waals surface area contributed by atoms with Crippen molar-refractivity contribution < 1.29 is 15.0 Å². The van der Waals surface area contributed by atoms with Crippen molar-refractivity contribution in [1.29, 1.82) is 0 Å². The number of urea groups is 1. The van der Waals surface area contributed by atoms with Gasteiger partial charge in [0.15, 0.2) is 0 Å². The van der Waals surface area contributed by atoms with Gasteiger partial charge in [-0.2, -0.15) is 0 Å². The van der Waals surface area contributed by atoms with Crippen molar-refractivity contribution >= 4 is 17.6 Å². The zero-order valence-corrected chi connectivity index (χ0v) is 23.1. The summed E-state index contributed by atoms with van der Waals surface area (Å²) in [7, 11) is 1.94. The van der Waals surface area contributed by atoms with Crippen molar-refractivity contribution in [3.63, 3.8) is 0 Å². The molecule has 6 nitrogen and oxygen atoms in total. The summed E-state index contributed by atoms with van der Waals surface area (Å²) in [5.41, 5.74) is -0.237. The molecule has 36 heavy (non-hydrogen) atoms. The van der Waals surface area contributed by atoms with E-state index in [0.717, 1.165) is 50.6 Å². The fourth-order valence-corrected chi connectivity index (χ4v) is 6.45. The number of amides is 2. The number of aliphatic hydroxyl groups is 2. The number of piperidine rings is 1. The highest BCUT2D eigenvalue weighted by Gasteiger charge is 2.41. The van der Waals surface area contributed by atoms with Crippen molar-refractivity contribution in [2.45, 2.75) is 102 Å². The number of halogens is 1. The lowest BCUT2D eigenvalue weighted by Crippen LogP contribution is -2.54. The van der Waals surface area contributed by atoms with Crippen molar-refractivity contribution in [3.8, 4) is 0 Å². The second kappa shape index (κ2) is 14.6. The maximum atomic E-state index is 13.4. The van der Waals surface area contributed by atoms with Crippen LogP contribution in [0.3, 0.4) is 0 Å². The molecular weight excluding hydrogens is 474 g/mol. The van der Waals surface area contributed by atoms with Crippen LogP contribution >= 0.6 is 11.6 Å². The van der Waals surface area contributed by atoms with Gasteiger partial charge in [0, 0.05) is 36.6 Å². The molecule has 1 saturated heterocycles. The third-order valence-corrected chi connectivity index (χ3v) is 8.49. The van der Waals surface area contributed by atoms with E-state index in [9.17, 15) is 15.0 Å². The number of aliphatic hydroxyl groups excluding tert-OH is 1. The summed E-state index contributed by atoms with van der Waals surface area (Å²) in [4.78, 5) is 15.3. The molecule has 0 bridgehead atoms. The molecule has 1 aliphatic heterocycles. The predicted octanol–water partition coefficient (Wildman–Crippen LogP) is 5.45. The number of likely N-dealkylation sites (N-methyl/N-ethyl adjacent to an activating group) is 1. The Bertz CT molecular complexity index is 802. The normalized spacial score (nSPS) is 22.6. The third-order valence-electron chi connectivity index (χ3n) is 8.26. The van der Waals surface area contributed by atoms with E-state index in [2.05, 4.69) is 10.6 Å². The van der Waals surface area contributed by atoms with Crippen LogP contribution in [0.4, 0.5) is 4.79 Å². The van der Waals surface area contributed by atoms with Crippen molar-refractivity contribution in [2.75, 3.05) is 26.7 Å². The zero-order chi connectivity index (χ0) is 26.0. The first kappa shape index (κ1) is 29.2. The zero-order valence-electron chi connectivity index (χ0n) is 22.4. The van der Waals surface area contributed by atoms with Gasteiger partial charge in [-0.15, -0.1) is 0 Å². The highest BCUT2D eigenvalue weighted by molar-refractivity contribution is 6.30. The lowest BCUT2D eigenvalue weighted by Gasteiger charge is -2.43. The number of unbranched alkanes of at least 4 members (excludes halogenated alkanes) is 1. The number of carbonyl (C=O) groups is 1. The maximum Gasteiger partial charge on any atom is 0.317 e. The van der Waals surface area contributed by atoms with Crippen molar-refractivity contribution in [3.05, 3.63) is 34.9 Å². The fraction of sp³-hybridized carbons (Fsp3) is 0.759. The average Bonchev–Trinajstić information content (AvgIpc) is 2.87. The van der Waals surface area contributed by atoms with Gasteiger partial charge in [0.05, 0.1) is 11.7 Å². The Morgan fingerprint density at radius 1 is 1.19 bits per heavy atom. The van der Waals surface area contributed by atoms with Crippen LogP contribution in [0.2, 0.25) is 5.02 Å². The molecule has 1 aromatic rings. The van der Waals surface area contributed by atoms with Gasteiger partial charge in [-0.3, -0.25) is 0 Å². The minimum Gasteiger partial charge on any atom is -0.393 e. The Labute approximate surface area is 223 Å². The molecule has 2 amide bonds. The molecule has 0 radical (unpaired) electrons. The van der Waals surface area contributed by atoms with E-state index in [4.69, 9.17) is 11.6 Å². The van der Waals surface area contributed by atoms with Crippen LogP contribution in [0, 0.1) is 11.8 Å². The van der Waals surface area contributed by atoms with Crippen LogP contribution in [0.1, 0.15) is 89.5 Å². The summed E-state index contributed by atoms with van der Waals surface area (Å²) < 4.78 is 0. The van der Waals surface area contributed by atoms with E-state index < -0.39 is 5.60 Å². The van der Waals surface area contributed by atoms with Gasteiger partial charge in [-0.1, -0.05) is 68.7 Å². The summed E-state index contributed by atoms with van der Waals surface area (Å²) in [6.07, 6.45) is 11.9. The quantitative estimate of drug-likeness (QED) is 0.276. The fourth-order valence-electron chi connectivity index (χ4n) is 6.26. The number of hydrogen-bond acceptors (Lipinski definition) is 4. The maximum absolute atomic E-state index is 13.4. The molecule has 2 fully saturated rings. The Kier molecular flexibility index (Phi) is 11.8. The van der Waals surface area contributed by atoms with E-state index >= 15 is 0 Å². The second-order valence-electron chi connectivity index (χ2n) is 11.3. The van der Waals surface area contributed by atoms with E-state index in [0.29, 0.717) is 30.5 Å². The van der Waals surface area contributed by atoms with Crippen LogP contribution in [-0.4, -0.2) is 60.0 Å². The molecule has 1 saturated carbocycles. The van der Waals surface area contributed by atoms with Crippen LogP contribution in [0.5, 0.6) is 0 Å². The lowest BCUT2D eigenvalue weighted by atomic mass is 9.74. The Morgan fingerprint density at radius 3 is 2.67 bits per heavy atom. The van der Waals surface area contributed by atoms with Gasteiger partial charge < -0.3 is 25.7 Å². The molecule has 3 rings (SSSR count). The van der Waals surface area contributed by atoms with Crippen molar-refractivity contribution in [1.82, 2.24) is 15.5 Å². The van der Waals surface area contributed by atoms with Gasteiger partial charge in [0.2, 0.25) is 0 Å². The minimum atomic E-state index is -1.06. The van der Waals surface area contributed by atoms with E-state index in [1.807, 2.05) is 36.2 Å². The largest absolute Gasteiger partial charge is 0.393 e. The third kappa shape index (κ3) is 8.61. The van der Waals surface area contributed by atoms with E-state index in [1.54, 1.807) is 6.92 Å². The number of likely N-dealkylation sites (tertiary alicyclic amines) is 1. The van der Waals surface area contributed by atoms with Gasteiger partial charge >= 0.3 is 6.03 Å². The summed E-state index contributed by atoms with van der Waals surface area (Å²) >= 11 is 6.31. The number of rotatable bonds is 12. The molecule has 4 atom stereocenters. The van der Waals surface area contributed by atoms with E-state index in [1.165, 1.54) is 32.1 Å². The number of hydrogen-bond donors (Lipinski definition) is 4. The highest BCUT2D eigenvalue weighted by Crippen LogP contribution is 2.40. The van der Waals surface area contributed by atoms with Crippen LogP contribution in [0.25, 0.3) is 0 Å². The first-order valence-corrected chi connectivity index (χ1v) is 14.6. The molecule has 0 aromatic heterocycles. The molecule has 1 aliphatic carbocycles. The first-order valence-electron chi connectivity index (χ1n) is 14.2. The molecule has 204 valence electrons. The smallest absolute Gasteiger partial charge is 0.317 e. The second-order valence-corrected chi connectivity index (χ2v) is 11.7. The average molecular weight is 522 g/mol.